The molecule has 2 heterocycles. The fourth-order valence-electron chi connectivity index (χ4n) is 3.88. The Morgan fingerprint density at radius 3 is 2.39 bits per heavy atom. The van der Waals surface area contributed by atoms with Crippen LogP contribution in [0.3, 0.4) is 0 Å². The van der Waals surface area contributed by atoms with Crippen molar-refractivity contribution in [3.05, 3.63) is 29.8 Å². The first-order valence-corrected chi connectivity index (χ1v) is 9.80. The zero-order chi connectivity index (χ0) is 20.3. The molecule has 152 valence electrons. The second-order valence-corrected chi connectivity index (χ2v) is 8.57. The minimum absolute atomic E-state index is 0.192. The molecular weight excluding hydrogens is 358 g/mol. The molecule has 0 aromatic heterocycles. The maximum absolute atomic E-state index is 12.4. The van der Waals surface area contributed by atoms with Gasteiger partial charge in [-0.2, -0.15) is 5.26 Å². The number of carbonyl (C=O) groups excluding carboxylic acids is 1. The molecule has 2 aliphatic rings. The lowest BCUT2D eigenvalue weighted by atomic mass is 10.1. The summed E-state index contributed by atoms with van der Waals surface area (Å²) < 4.78 is 11.1. The molecule has 2 fully saturated rings. The second kappa shape index (κ2) is 8.38. The van der Waals surface area contributed by atoms with Crippen molar-refractivity contribution >= 4 is 6.09 Å². The number of rotatable bonds is 5. The summed E-state index contributed by atoms with van der Waals surface area (Å²) in [5.74, 6) is 0.635. The number of amides is 1. The van der Waals surface area contributed by atoms with Gasteiger partial charge in [0.05, 0.1) is 11.6 Å². The van der Waals surface area contributed by atoms with Gasteiger partial charge in [0.25, 0.3) is 0 Å². The van der Waals surface area contributed by atoms with Crippen LogP contribution in [0.5, 0.6) is 5.75 Å². The number of likely N-dealkylation sites (tertiary alicyclic amines) is 1. The topological polar surface area (TPSA) is 86.0 Å². The van der Waals surface area contributed by atoms with Crippen LogP contribution in [0.2, 0.25) is 0 Å². The Balaban J connectivity index is 1.49. The molecule has 1 aromatic carbocycles. The molecule has 7 nitrogen and oxygen atoms in total. The maximum atomic E-state index is 12.4. The first kappa shape index (κ1) is 20.4. The van der Waals surface area contributed by atoms with E-state index in [0.29, 0.717) is 30.9 Å². The number of fused-ring (bicyclic) bond motifs is 2. The number of nitrogens with zero attached hydrogens (tertiary/aromatic N) is 3. The van der Waals surface area contributed by atoms with E-state index in [-0.39, 0.29) is 24.8 Å². The minimum atomic E-state index is -0.619. The average molecular weight is 387 g/mol. The van der Waals surface area contributed by atoms with Crippen LogP contribution in [-0.2, 0) is 4.74 Å². The quantitative estimate of drug-likeness (QED) is 0.835. The van der Waals surface area contributed by atoms with Crippen molar-refractivity contribution in [2.24, 2.45) is 0 Å². The molecular formula is C21H29N3O4. The van der Waals surface area contributed by atoms with Crippen LogP contribution in [0.25, 0.3) is 0 Å². The van der Waals surface area contributed by atoms with E-state index in [1.807, 2.05) is 20.8 Å². The van der Waals surface area contributed by atoms with Crippen LogP contribution in [0, 0.1) is 11.3 Å². The van der Waals surface area contributed by atoms with Gasteiger partial charge in [-0.3, -0.25) is 4.90 Å². The fourth-order valence-corrected chi connectivity index (χ4v) is 3.88. The number of carbonyl (C=O) groups is 1. The SMILES string of the molecule is CC(C)(C)OC(=O)N1CC2CCC(C1)N2CC(O)COc1ccc(C#N)cc1. The molecule has 1 N–H and O–H groups in total. The number of piperazine rings is 1. The first-order valence-electron chi connectivity index (χ1n) is 9.80. The van der Waals surface area contributed by atoms with Crippen molar-refractivity contribution < 1.29 is 19.4 Å². The van der Waals surface area contributed by atoms with E-state index in [4.69, 9.17) is 14.7 Å². The molecule has 0 spiro atoms. The number of ether oxygens (including phenoxy) is 2. The summed E-state index contributed by atoms with van der Waals surface area (Å²) >= 11 is 0. The lowest BCUT2D eigenvalue weighted by molar-refractivity contribution is -0.0124. The second-order valence-electron chi connectivity index (χ2n) is 8.57. The molecule has 3 unspecified atom stereocenters. The van der Waals surface area contributed by atoms with Gasteiger partial charge in [0, 0.05) is 31.7 Å². The Morgan fingerprint density at radius 1 is 1.25 bits per heavy atom. The smallest absolute Gasteiger partial charge is 0.410 e. The van der Waals surface area contributed by atoms with Crippen LogP contribution in [0.4, 0.5) is 4.79 Å². The first-order chi connectivity index (χ1) is 13.2. The predicted octanol–water partition coefficient (Wildman–Crippen LogP) is 2.38. The van der Waals surface area contributed by atoms with Gasteiger partial charge in [0.15, 0.2) is 0 Å². The van der Waals surface area contributed by atoms with Crippen molar-refractivity contribution in [2.75, 3.05) is 26.2 Å². The summed E-state index contributed by atoms with van der Waals surface area (Å²) in [6.07, 6.45) is 1.17. The van der Waals surface area contributed by atoms with Gasteiger partial charge in [-0.15, -0.1) is 0 Å². The van der Waals surface area contributed by atoms with Gasteiger partial charge >= 0.3 is 6.09 Å². The highest BCUT2D eigenvalue weighted by Crippen LogP contribution is 2.31. The summed E-state index contributed by atoms with van der Waals surface area (Å²) in [5, 5.41) is 19.3. The van der Waals surface area contributed by atoms with Crippen molar-refractivity contribution in [3.63, 3.8) is 0 Å². The molecule has 0 aliphatic carbocycles. The lowest BCUT2D eigenvalue weighted by Gasteiger charge is -2.41. The fraction of sp³-hybridized carbons (Fsp3) is 0.619. The average Bonchev–Trinajstić information content (AvgIpc) is 2.87. The lowest BCUT2D eigenvalue weighted by Crippen LogP contribution is -2.57. The monoisotopic (exact) mass is 387 g/mol. The molecule has 28 heavy (non-hydrogen) atoms. The van der Waals surface area contributed by atoms with Crippen molar-refractivity contribution in [2.45, 2.75) is 57.4 Å². The van der Waals surface area contributed by atoms with E-state index in [1.54, 1.807) is 29.2 Å². The molecule has 2 aliphatic heterocycles. The zero-order valence-corrected chi connectivity index (χ0v) is 16.8. The normalized spacial score (nSPS) is 23.2. The summed E-state index contributed by atoms with van der Waals surface area (Å²) in [7, 11) is 0. The largest absolute Gasteiger partial charge is 0.491 e. The number of aliphatic hydroxyl groups is 1. The van der Waals surface area contributed by atoms with Gasteiger partial charge in [-0.25, -0.2) is 4.79 Å². The number of aliphatic hydroxyl groups excluding tert-OH is 1. The van der Waals surface area contributed by atoms with Crippen molar-refractivity contribution in [1.29, 1.82) is 5.26 Å². The molecule has 2 saturated heterocycles. The summed E-state index contributed by atoms with van der Waals surface area (Å²) in [6, 6.07) is 9.40. The van der Waals surface area contributed by atoms with Crippen LogP contribution in [-0.4, -0.2) is 71.0 Å². The van der Waals surface area contributed by atoms with E-state index in [2.05, 4.69) is 11.0 Å². The van der Waals surface area contributed by atoms with Crippen LogP contribution in [0.1, 0.15) is 39.2 Å². The third-order valence-corrected chi connectivity index (χ3v) is 5.13. The van der Waals surface area contributed by atoms with Crippen LogP contribution >= 0.6 is 0 Å². The number of nitriles is 1. The summed E-state index contributed by atoms with van der Waals surface area (Å²) in [4.78, 5) is 16.5. The molecule has 1 amide bonds. The van der Waals surface area contributed by atoms with E-state index in [1.165, 1.54) is 0 Å². The highest BCUT2D eigenvalue weighted by molar-refractivity contribution is 5.68. The van der Waals surface area contributed by atoms with Gasteiger partial charge in [-0.1, -0.05) is 0 Å². The molecule has 0 saturated carbocycles. The molecule has 3 atom stereocenters. The molecule has 0 radical (unpaired) electrons. The molecule has 3 rings (SSSR count). The zero-order valence-electron chi connectivity index (χ0n) is 16.8. The predicted molar refractivity (Wildman–Crippen MR) is 104 cm³/mol. The highest BCUT2D eigenvalue weighted by Gasteiger charge is 2.42. The van der Waals surface area contributed by atoms with Crippen molar-refractivity contribution in [3.8, 4) is 11.8 Å². The van der Waals surface area contributed by atoms with E-state index >= 15 is 0 Å². The number of hydrogen-bond acceptors (Lipinski definition) is 6. The number of benzene rings is 1. The Bertz CT molecular complexity index is 709. The standard InChI is InChI=1S/C21H29N3O4/c1-21(2,3)28-20(26)23-11-16-6-7-17(12-23)24(16)13-18(25)14-27-19-8-4-15(10-22)5-9-19/h4-5,8-9,16-18,25H,6-7,11-14H2,1-3H3. The van der Waals surface area contributed by atoms with E-state index in [0.717, 1.165) is 12.8 Å². The Kier molecular flexibility index (Phi) is 6.11. The van der Waals surface area contributed by atoms with Gasteiger partial charge in [0.1, 0.15) is 24.1 Å². The van der Waals surface area contributed by atoms with Crippen LogP contribution < -0.4 is 4.74 Å². The molecule has 7 heteroatoms. The van der Waals surface area contributed by atoms with Gasteiger partial charge < -0.3 is 19.5 Å². The maximum Gasteiger partial charge on any atom is 0.410 e. The highest BCUT2D eigenvalue weighted by atomic mass is 16.6. The third kappa shape index (κ3) is 5.15. The van der Waals surface area contributed by atoms with E-state index in [9.17, 15) is 9.90 Å². The third-order valence-electron chi connectivity index (χ3n) is 5.13. The van der Waals surface area contributed by atoms with E-state index < -0.39 is 11.7 Å². The molecule has 1 aromatic rings. The van der Waals surface area contributed by atoms with Gasteiger partial charge in [0.2, 0.25) is 0 Å². The Hall–Kier alpha value is -2.30. The summed E-state index contributed by atoms with van der Waals surface area (Å²) in [6.45, 7) is 7.61. The summed E-state index contributed by atoms with van der Waals surface area (Å²) in [5.41, 5.74) is 0.0824. The molecule has 2 bridgehead atoms. The van der Waals surface area contributed by atoms with Gasteiger partial charge in [-0.05, 0) is 57.9 Å². The Labute approximate surface area is 166 Å². The Morgan fingerprint density at radius 2 is 1.86 bits per heavy atom. The minimum Gasteiger partial charge on any atom is -0.491 e. The van der Waals surface area contributed by atoms with Crippen LogP contribution in [0.15, 0.2) is 24.3 Å². The number of hydrogen-bond donors (Lipinski definition) is 1. The van der Waals surface area contributed by atoms with Crippen molar-refractivity contribution in [1.82, 2.24) is 9.80 Å².